The molecule has 7 aromatic rings. The van der Waals surface area contributed by atoms with Gasteiger partial charge in [0.15, 0.2) is 10.7 Å². The fourth-order valence-electron chi connectivity index (χ4n) is 8.33. The number of alkyl halides is 3. The van der Waals surface area contributed by atoms with E-state index in [1.165, 1.54) is 66.7 Å². The third-order valence-corrected chi connectivity index (χ3v) is 12.1. The Balaban J connectivity index is 0.759. The topological polar surface area (TPSA) is 220 Å². The summed E-state index contributed by atoms with van der Waals surface area (Å²) in [5.74, 6) is -3.13. The van der Waals surface area contributed by atoms with Crippen LogP contribution in [-0.2, 0) is 26.0 Å². The molecular formula is C50H37ClF3N5O11S. The number of carboxylic acids is 1. The quantitative estimate of drug-likeness (QED) is 0.0342. The van der Waals surface area contributed by atoms with Gasteiger partial charge in [0.1, 0.15) is 28.7 Å². The molecule has 0 saturated heterocycles. The van der Waals surface area contributed by atoms with Gasteiger partial charge in [-0.2, -0.15) is 23.0 Å². The van der Waals surface area contributed by atoms with E-state index in [0.717, 1.165) is 22.9 Å². The van der Waals surface area contributed by atoms with Gasteiger partial charge in [-0.25, -0.2) is 9.59 Å². The second kappa shape index (κ2) is 19.4. The third kappa shape index (κ3) is 9.40. The number of aromatic carboxylic acids is 1. The number of nitrogens with zero attached hydrogens (tertiary/aromatic N) is 2. The molecule has 0 saturated carbocycles. The largest absolute Gasteiger partial charge is 0.508 e. The van der Waals surface area contributed by atoms with E-state index in [1.54, 1.807) is 30.3 Å². The summed E-state index contributed by atoms with van der Waals surface area (Å²) in [6, 6.07) is 26.8. The number of carboxylic acid groups (broad SMARTS) is 1. The van der Waals surface area contributed by atoms with E-state index in [4.69, 9.17) is 42.8 Å². The Hall–Kier alpha value is -8.04. The number of aromatic hydroxyl groups is 2. The number of carbonyl (C=O) groups excluding carboxylic acids is 3. The average molecular weight is 1010 g/mol. The molecule has 1 amide bonds. The zero-order valence-corrected chi connectivity index (χ0v) is 38.2. The van der Waals surface area contributed by atoms with Crippen LogP contribution < -0.4 is 20.7 Å². The summed E-state index contributed by atoms with van der Waals surface area (Å²) in [6.45, 7) is 1.12. The molecule has 1 spiro atoms. The number of hydrogen-bond acceptors (Lipinski definition) is 12. The van der Waals surface area contributed by atoms with E-state index >= 15 is 0 Å². The minimum absolute atomic E-state index is 0.00303. The molecule has 0 radical (unpaired) electrons. The molecule has 2 aliphatic rings. The molecule has 3 heterocycles. The standard InChI is InChI=1S/C50H37ClF3N5O11S/c51-38-3-1-2-37(50(52,53)54)42(38)45(63)59-39-22-28(8-12-32(39)43(58-59)26-4-6-27(7-5-26)46(64)65)44(62)55-16-18-67-20-21-68-19-17-56-48(71)57-29-9-13-34-33(23-29)47(66)70-49(34)35-14-10-30(60)24-40(35)69-41-25-31(61)11-15-36(41)49/h1-15,22-25,60-61H,16-21H2,(H,55,62)(H,64,65)(H2,56,57,71). The van der Waals surface area contributed by atoms with Gasteiger partial charge in [0, 0.05) is 64.1 Å². The summed E-state index contributed by atoms with van der Waals surface area (Å²) in [5.41, 5.74) is -0.664. The number of phenolic OH excluding ortho intramolecular Hbond substituents is 2. The number of thiocarbonyl (C=S) groups is 1. The van der Waals surface area contributed by atoms with Crippen LogP contribution in [0, 0.1) is 0 Å². The predicted octanol–water partition coefficient (Wildman–Crippen LogP) is 8.49. The van der Waals surface area contributed by atoms with Gasteiger partial charge >= 0.3 is 18.1 Å². The number of nitrogens with one attached hydrogen (secondary N) is 3. The molecule has 0 unspecified atom stereocenters. The van der Waals surface area contributed by atoms with Gasteiger partial charge in [0.2, 0.25) is 0 Å². The number of carbonyl (C=O) groups is 4. The maximum atomic E-state index is 14.1. The molecule has 0 atom stereocenters. The molecule has 0 fully saturated rings. The van der Waals surface area contributed by atoms with Crippen molar-refractivity contribution in [3.8, 4) is 34.3 Å². The second-order valence-electron chi connectivity index (χ2n) is 16.0. The van der Waals surface area contributed by atoms with Crippen molar-refractivity contribution in [1.29, 1.82) is 0 Å². The highest BCUT2D eigenvalue weighted by Gasteiger charge is 2.53. The summed E-state index contributed by atoms with van der Waals surface area (Å²) in [5, 5.41) is 42.9. The molecule has 0 bridgehead atoms. The van der Waals surface area contributed by atoms with E-state index in [1.807, 2.05) is 0 Å². The molecular weight excluding hydrogens is 971 g/mol. The molecule has 71 heavy (non-hydrogen) atoms. The van der Waals surface area contributed by atoms with E-state index in [0.29, 0.717) is 39.9 Å². The normalized spacial score (nSPS) is 13.2. The van der Waals surface area contributed by atoms with Crippen LogP contribution in [-0.4, -0.2) is 93.5 Å². The van der Waals surface area contributed by atoms with Crippen molar-refractivity contribution in [2.24, 2.45) is 0 Å². The van der Waals surface area contributed by atoms with Gasteiger partial charge in [-0.15, -0.1) is 0 Å². The number of fused-ring (bicyclic) bond motifs is 7. The van der Waals surface area contributed by atoms with Crippen LogP contribution in [0.25, 0.3) is 22.2 Å². The lowest BCUT2D eigenvalue weighted by Gasteiger charge is -2.36. The first-order valence-electron chi connectivity index (χ1n) is 21.5. The first kappa shape index (κ1) is 48.0. The van der Waals surface area contributed by atoms with Gasteiger partial charge in [0.25, 0.3) is 11.8 Å². The molecule has 9 rings (SSSR count). The number of anilines is 1. The molecule has 21 heteroatoms. The first-order valence-corrected chi connectivity index (χ1v) is 22.3. The number of rotatable bonds is 14. The first-order chi connectivity index (χ1) is 34.0. The monoisotopic (exact) mass is 1010 g/mol. The Morgan fingerprint density at radius 1 is 0.775 bits per heavy atom. The Morgan fingerprint density at radius 2 is 1.41 bits per heavy atom. The van der Waals surface area contributed by atoms with Crippen molar-refractivity contribution < 1.29 is 66.6 Å². The van der Waals surface area contributed by atoms with E-state index in [9.17, 15) is 47.7 Å². The SMILES string of the molecule is O=C(O)c1ccc(-c2nn(C(=O)c3c(Cl)cccc3C(F)(F)F)c3cc(C(=O)NCCOCCOCCNC(=S)Nc4ccc5c(c4)C(=O)OC54c5ccc(O)cc5Oc5cc(O)ccc54)ccc23)cc1. The minimum Gasteiger partial charge on any atom is -0.508 e. The average Bonchev–Trinajstić information content (AvgIpc) is 3.86. The number of hydrogen-bond donors (Lipinski definition) is 6. The van der Waals surface area contributed by atoms with Crippen LogP contribution in [0.15, 0.2) is 115 Å². The van der Waals surface area contributed by atoms with Crippen molar-refractivity contribution in [2.45, 2.75) is 11.8 Å². The molecule has 6 N–H and O–H groups in total. The lowest BCUT2D eigenvalue weighted by molar-refractivity contribution is -0.137. The fourth-order valence-corrected chi connectivity index (χ4v) is 8.81. The van der Waals surface area contributed by atoms with E-state index in [-0.39, 0.29) is 89.0 Å². The molecule has 1 aromatic heterocycles. The molecule has 0 aliphatic carbocycles. The van der Waals surface area contributed by atoms with Crippen molar-refractivity contribution in [3.05, 3.63) is 165 Å². The minimum atomic E-state index is -4.94. The van der Waals surface area contributed by atoms with Gasteiger partial charge in [-0.1, -0.05) is 35.9 Å². The number of halogens is 4. The summed E-state index contributed by atoms with van der Waals surface area (Å²) >= 11 is 11.6. The zero-order valence-electron chi connectivity index (χ0n) is 36.6. The summed E-state index contributed by atoms with van der Waals surface area (Å²) in [7, 11) is 0. The summed E-state index contributed by atoms with van der Waals surface area (Å²) in [4.78, 5) is 52.1. The Bertz CT molecular complexity index is 3260. The van der Waals surface area contributed by atoms with Gasteiger partial charge in [0.05, 0.1) is 59.2 Å². The van der Waals surface area contributed by atoms with Crippen molar-refractivity contribution in [3.63, 3.8) is 0 Å². The van der Waals surface area contributed by atoms with Gasteiger partial charge < -0.3 is 50.2 Å². The molecule has 6 aromatic carbocycles. The van der Waals surface area contributed by atoms with Crippen LogP contribution in [0.4, 0.5) is 18.9 Å². The molecule has 362 valence electrons. The van der Waals surface area contributed by atoms with Gasteiger partial charge in [-0.05, 0) is 91.1 Å². The van der Waals surface area contributed by atoms with Crippen LogP contribution in [0.3, 0.4) is 0 Å². The molecule has 2 aliphatic heterocycles. The van der Waals surface area contributed by atoms with Crippen molar-refractivity contribution in [2.75, 3.05) is 44.8 Å². The summed E-state index contributed by atoms with van der Waals surface area (Å²) in [6.07, 6.45) is -4.94. The smallest absolute Gasteiger partial charge is 0.417 e. The number of phenols is 2. The highest BCUT2D eigenvalue weighted by Crippen LogP contribution is 2.57. The number of amides is 1. The van der Waals surface area contributed by atoms with Crippen LogP contribution >= 0.6 is 23.8 Å². The number of aromatic nitrogens is 2. The maximum Gasteiger partial charge on any atom is 0.417 e. The van der Waals surface area contributed by atoms with Gasteiger partial charge in [-0.3, -0.25) is 9.59 Å². The highest BCUT2D eigenvalue weighted by molar-refractivity contribution is 7.80. The maximum absolute atomic E-state index is 14.1. The van der Waals surface area contributed by atoms with Crippen LogP contribution in [0.5, 0.6) is 23.0 Å². The molecule has 16 nitrogen and oxygen atoms in total. The second-order valence-corrected chi connectivity index (χ2v) is 16.8. The third-order valence-electron chi connectivity index (χ3n) is 11.5. The lowest BCUT2D eigenvalue weighted by atomic mass is 9.77. The van der Waals surface area contributed by atoms with Crippen LogP contribution in [0.1, 0.15) is 63.7 Å². The Morgan fingerprint density at radius 3 is 2.06 bits per heavy atom. The lowest BCUT2D eigenvalue weighted by Crippen LogP contribution is -2.33. The number of esters is 1. The highest BCUT2D eigenvalue weighted by atomic mass is 35.5. The summed E-state index contributed by atoms with van der Waals surface area (Å²) < 4.78 is 66.3. The van der Waals surface area contributed by atoms with Crippen molar-refractivity contribution in [1.82, 2.24) is 20.4 Å². The van der Waals surface area contributed by atoms with E-state index < -0.39 is 51.7 Å². The number of benzene rings is 6. The predicted molar refractivity (Wildman–Crippen MR) is 255 cm³/mol. The zero-order chi connectivity index (χ0) is 50.2. The Kier molecular flexibility index (Phi) is 13.1. The van der Waals surface area contributed by atoms with E-state index in [2.05, 4.69) is 21.0 Å². The van der Waals surface area contributed by atoms with Crippen molar-refractivity contribution >= 4 is 69.3 Å². The number of ether oxygens (including phenoxy) is 4. The Labute approximate surface area is 410 Å². The fraction of sp³-hybridized carbons (Fsp3) is 0.160. The van der Waals surface area contributed by atoms with Crippen LogP contribution in [0.2, 0.25) is 5.02 Å².